The summed E-state index contributed by atoms with van der Waals surface area (Å²) in [5.74, 6) is -0.214. The second-order valence-corrected chi connectivity index (χ2v) is 4.49. The van der Waals surface area contributed by atoms with Gasteiger partial charge in [-0.25, -0.2) is 0 Å². The molecule has 0 saturated heterocycles. The van der Waals surface area contributed by atoms with E-state index in [0.717, 1.165) is 25.7 Å². The van der Waals surface area contributed by atoms with Crippen LogP contribution in [0.3, 0.4) is 0 Å². The number of carbonyl (C=O) groups excluding carboxylic acids is 1. The molecule has 1 aliphatic rings. The molecule has 0 aromatic rings. The highest BCUT2D eigenvalue weighted by Gasteiger charge is 2.31. The highest BCUT2D eigenvalue weighted by molar-refractivity contribution is 5.69. The molecule has 88 valence electrons. The van der Waals surface area contributed by atoms with Crippen molar-refractivity contribution in [3.8, 4) is 0 Å². The van der Waals surface area contributed by atoms with Crippen LogP contribution in [-0.4, -0.2) is 36.4 Å². The molecule has 0 aliphatic heterocycles. The van der Waals surface area contributed by atoms with Gasteiger partial charge in [0.25, 0.3) is 0 Å². The summed E-state index contributed by atoms with van der Waals surface area (Å²) in [5.41, 5.74) is -0.551. The van der Waals surface area contributed by atoms with E-state index in [-0.39, 0.29) is 12.0 Å². The lowest BCUT2D eigenvalue weighted by atomic mass is 10.0. The number of methoxy groups -OCH3 is 1. The van der Waals surface area contributed by atoms with Gasteiger partial charge in [0.05, 0.1) is 19.1 Å². The molecule has 0 heterocycles. The molecule has 0 bridgehead atoms. The van der Waals surface area contributed by atoms with Crippen LogP contribution in [0.2, 0.25) is 0 Å². The average Bonchev–Trinajstić information content (AvgIpc) is 2.63. The molecule has 0 aromatic heterocycles. The monoisotopic (exact) mass is 215 g/mol. The van der Waals surface area contributed by atoms with Gasteiger partial charge in [-0.15, -0.1) is 0 Å². The van der Waals surface area contributed by atoms with Crippen LogP contribution in [0.5, 0.6) is 0 Å². The van der Waals surface area contributed by atoms with Gasteiger partial charge in [-0.1, -0.05) is 12.8 Å². The van der Waals surface area contributed by atoms with Crippen molar-refractivity contribution in [3.05, 3.63) is 0 Å². The zero-order chi connectivity index (χ0) is 11.3. The van der Waals surface area contributed by atoms with Gasteiger partial charge >= 0.3 is 5.97 Å². The zero-order valence-corrected chi connectivity index (χ0v) is 9.58. The number of aliphatic hydroxyl groups is 1. The number of hydrogen-bond donors (Lipinski definition) is 2. The van der Waals surface area contributed by atoms with Gasteiger partial charge in [-0.2, -0.15) is 0 Å². The summed E-state index contributed by atoms with van der Waals surface area (Å²) in [4.78, 5) is 11.0. The number of nitrogens with one attached hydrogen (secondary N) is 1. The molecule has 1 atom stereocenters. The first-order valence-electron chi connectivity index (χ1n) is 5.58. The van der Waals surface area contributed by atoms with E-state index < -0.39 is 5.60 Å². The van der Waals surface area contributed by atoms with Crippen LogP contribution < -0.4 is 5.32 Å². The van der Waals surface area contributed by atoms with Crippen LogP contribution in [0.1, 0.15) is 39.0 Å². The first kappa shape index (κ1) is 12.5. The highest BCUT2D eigenvalue weighted by atomic mass is 16.5. The van der Waals surface area contributed by atoms with Crippen molar-refractivity contribution in [2.45, 2.75) is 50.7 Å². The first-order valence-corrected chi connectivity index (χ1v) is 5.58. The fourth-order valence-corrected chi connectivity index (χ4v) is 1.98. The third kappa shape index (κ3) is 4.18. The Balaban J connectivity index is 2.21. The Morgan fingerprint density at radius 1 is 1.53 bits per heavy atom. The van der Waals surface area contributed by atoms with E-state index in [1.165, 1.54) is 7.11 Å². The minimum absolute atomic E-state index is 0.0575. The summed E-state index contributed by atoms with van der Waals surface area (Å²) in [6.45, 7) is 2.50. The molecule has 0 spiro atoms. The van der Waals surface area contributed by atoms with Crippen LogP contribution in [-0.2, 0) is 9.53 Å². The summed E-state index contributed by atoms with van der Waals surface area (Å²) < 4.78 is 4.58. The van der Waals surface area contributed by atoms with Gasteiger partial charge in [-0.3, -0.25) is 4.79 Å². The van der Waals surface area contributed by atoms with Crippen molar-refractivity contribution < 1.29 is 14.6 Å². The van der Waals surface area contributed by atoms with E-state index in [9.17, 15) is 9.90 Å². The normalized spacial score (nSPS) is 21.3. The Labute approximate surface area is 91.0 Å². The van der Waals surface area contributed by atoms with E-state index in [2.05, 4.69) is 10.1 Å². The standard InChI is InChI=1S/C11H21NO3/c1-9(7-10(13)15-2)12-8-11(14)5-3-4-6-11/h9,12,14H,3-8H2,1-2H3. The number of esters is 1. The Hall–Kier alpha value is -0.610. The maximum absolute atomic E-state index is 11.0. The van der Waals surface area contributed by atoms with Crippen molar-refractivity contribution in [2.24, 2.45) is 0 Å². The molecule has 4 heteroatoms. The second kappa shape index (κ2) is 5.47. The second-order valence-electron chi connectivity index (χ2n) is 4.49. The molecule has 1 unspecified atom stereocenters. The van der Waals surface area contributed by atoms with Crippen LogP contribution in [0.15, 0.2) is 0 Å². The quantitative estimate of drug-likeness (QED) is 0.667. The molecule has 15 heavy (non-hydrogen) atoms. The lowest BCUT2D eigenvalue weighted by Gasteiger charge is -2.24. The third-order valence-electron chi connectivity index (χ3n) is 3.01. The molecule has 1 saturated carbocycles. The summed E-state index contributed by atoms with van der Waals surface area (Å²) in [7, 11) is 1.39. The number of carbonyl (C=O) groups is 1. The maximum atomic E-state index is 11.0. The Bertz CT molecular complexity index is 212. The van der Waals surface area contributed by atoms with Crippen molar-refractivity contribution in [2.75, 3.05) is 13.7 Å². The molecule has 4 nitrogen and oxygen atoms in total. The van der Waals surface area contributed by atoms with Crippen molar-refractivity contribution in [3.63, 3.8) is 0 Å². The van der Waals surface area contributed by atoms with Gasteiger partial charge in [0.2, 0.25) is 0 Å². The maximum Gasteiger partial charge on any atom is 0.307 e. The largest absolute Gasteiger partial charge is 0.469 e. The van der Waals surface area contributed by atoms with Crippen LogP contribution >= 0.6 is 0 Å². The Morgan fingerprint density at radius 3 is 2.67 bits per heavy atom. The van der Waals surface area contributed by atoms with Crippen molar-refractivity contribution in [1.82, 2.24) is 5.32 Å². The lowest BCUT2D eigenvalue weighted by Crippen LogP contribution is -2.42. The summed E-state index contributed by atoms with van der Waals surface area (Å²) >= 11 is 0. The summed E-state index contributed by atoms with van der Waals surface area (Å²) in [5, 5.41) is 13.2. The van der Waals surface area contributed by atoms with Gasteiger partial charge < -0.3 is 15.2 Å². The average molecular weight is 215 g/mol. The third-order valence-corrected chi connectivity index (χ3v) is 3.01. The summed E-state index contributed by atoms with van der Waals surface area (Å²) in [6.07, 6.45) is 4.29. The fraction of sp³-hybridized carbons (Fsp3) is 0.909. The fourth-order valence-electron chi connectivity index (χ4n) is 1.98. The van der Waals surface area contributed by atoms with Gasteiger partial charge in [-0.05, 0) is 19.8 Å². The predicted octanol–water partition coefficient (Wildman–Crippen LogP) is 0.833. The molecular weight excluding hydrogens is 194 g/mol. The van der Waals surface area contributed by atoms with E-state index in [1.807, 2.05) is 6.92 Å². The van der Waals surface area contributed by atoms with Crippen LogP contribution in [0, 0.1) is 0 Å². The zero-order valence-electron chi connectivity index (χ0n) is 9.58. The van der Waals surface area contributed by atoms with Crippen LogP contribution in [0.4, 0.5) is 0 Å². The highest BCUT2D eigenvalue weighted by Crippen LogP contribution is 2.28. The molecular formula is C11H21NO3. The SMILES string of the molecule is COC(=O)CC(C)NCC1(O)CCCC1. The smallest absolute Gasteiger partial charge is 0.307 e. The van der Waals surface area contributed by atoms with Crippen molar-refractivity contribution >= 4 is 5.97 Å². The minimum Gasteiger partial charge on any atom is -0.469 e. The lowest BCUT2D eigenvalue weighted by molar-refractivity contribution is -0.141. The molecule has 1 aliphatic carbocycles. The van der Waals surface area contributed by atoms with E-state index in [4.69, 9.17) is 0 Å². The van der Waals surface area contributed by atoms with Gasteiger partial charge in [0.15, 0.2) is 0 Å². The molecule has 0 amide bonds. The van der Waals surface area contributed by atoms with Crippen LogP contribution in [0.25, 0.3) is 0 Å². The minimum atomic E-state index is -0.551. The predicted molar refractivity (Wildman–Crippen MR) is 57.5 cm³/mol. The topological polar surface area (TPSA) is 58.6 Å². The number of hydrogen-bond acceptors (Lipinski definition) is 4. The summed E-state index contributed by atoms with van der Waals surface area (Å²) in [6, 6.07) is 0.0575. The van der Waals surface area contributed by atoms with E-state index >= 15 is 0 Å². The molecule has 0 radical (unpaired) electrons. The van der Waals surface area contributed by atoms with E-state index in [0.29, 0.717) is 13.0 Å². The van der Waals surface area contributed by atoms with E-state index in [1.54, 1.807) is 0 Å². The Kier molecular flexibility index (Phi) is 4.54. The number of ether oxygens (including phenoxy) is 1. The number of rotatable bonds is 5. The van der Waals surface area contributed by atoms with Gasteiger partial charge in [0, 0.05) is 12.6 Å². The Morgan fingerprint density at radius 2 is 2.13 bits per heavy atom. The van der Waals surface area contributed by atoms with Crippen molar-refractivity contribution in [1.29, 1.82) is 0 Å². The first-order chi connectivity index (χ1) is 7.06. The molecule has 1 rings (SSSR count). The molecule has 0 aromatic carbocycles. The molecule has 2 N–H and O–H groups in total. The molecule has 1 fully saturated rings. The van der Waals surface area contributed by atoms with Gasteiger partial charge in [0.1, 0.15) is 0 Å².